The van der Waals surface area contributed by atoms with Gasteiger partial charge in [0.15, 0.2) is 0 Å². The second-order valence-electron chi connectivity index (χ2n) is 5.92. The lowest BCUT2D eigenvalue weighted by molar-refractivity contribution is -0.163. The SMILES string of the molecule is CC/C=C\C/C=C\C/C=C\C/C=C\C/C=C\CCCC(=O)OC(=O)C(C)=O. The van der Waals surface area contributed by atoms with Gasteiger partial charge in [-0.25, -0.2) is 4.79 Å². The van der Waals surface area contributed by atoms with Crippen molar-refractivity contribution in [3.05, 3.63) is 60.8 Å². The van der Waals surface area contributed by atoms with Crippen LogP contribution in [0.5, 0.6) is 0 Å². The average Bonchev–Trinajstić information content (AvgIpc) is 2.64. The fourth-order valence-corrected chi connectivity index (χ4v) is 1.96. The lowest BCUT2D eigenvalue weighted by Crippen LogP contribution is -2.18. The van der Waals surface area contributed by atoms with Crippen LogP contribution in [-0.2, 0) is 19.1 Å². The molecule has 0 bridgehead atoms. The molecular weight excluding hydrogens is 340 g/mol. The predicted octanol–water partition coefficient (Wildman–Crippen LogP) is 5.57. The Morgan fingerprint density at radius 3 is 1.59 bits per heavy atom. The summed E-state index contributed by atoms with van der Waals surface area (Å²) in [5.74, 6) is -2.50. The largest absolute Gasteiger partial charge is 0.387 e. The zero-order valence-electron chi connectivity index (χ0n) is 16.6. The summed E-state index contributed by atoms with van der Waals surface area (Å²) in [6, 6.07) is 0. The summed E-state index contributed by atoms with van der Waals surface area (Å²) in [6.45, 7) is 3.21. The zero-order chi connectivity index (χ0) is 20.2. The minimum Gasteiger partial charge on any atom is -0.387 e. The van der Waals surface area contributed by atoms with Crippen LogP contribution in [0.15, 0.2) is 60.8 Å². The Morgan fingerprint density at radius 2 is 1.15 bits per heavy atom. The van der Waals surface area contributed by atoms with E-state index in [1.165, 1.54) is 0 Å². The van der Waals surface area contributed by atoms with Crippen LogP contribution >= 0.6 is 0 Å². The highest BCUT2D eigenvalue weighted by molar-refractivity contribution is 6.34. The third kappa shape index (κ3) is 18.1. The number of rotatable bonds is 14. The molecule has 0 unspecified atom stereocenters. The van der Waals surface area contributed by atoms with E-state index in [0.717, 1.165) is 45.4 Å². The van der Waals surface area contributed by atoms with Crippen molar-refractivity contribution >= 4 is 17.7 Å². The maximum Gasteiger partial charge on any atom is 0.381 e. The molecule has 0 saturated heterocycles. The van der Waals surface area contributed by atoms with Crippen LogP contribution in [0.4, 0.5) is 0 Å². The van der Waals surface area contributed by atoms with E-state index in [2.05, 4.69) is 60.3 Å². The molecule has 0 aliphatic carbocycles. The second-order valence-corrected chi connectivity index (χ2v) is 5.92. The Morgan fingerprint density at radius 1 is 0.704 bits per heavy atom. The van der Waals surface area contributed by atoms with Crippen LogP contribution in [0.3, 0.4) is 0 Å². The summed E-state index contributed by atoms with van der Waals surface area (Å²) < 4.78 is 4.36. The first-order valence-corrected chi connectivity index (χ1v) is 9.58. The van der Waals surface area contributed by atoms with Gasteiger partial charge in [-0.3, -0.25) is 9.59 Å². The van der Waals surface area contributed by atoms with Crippen molar-refractivity contribution in [3.8, 4) is 0 Å². The number of ether oxygens (including phenoxy) is 1. The van der Waals surface area contributed by atoms with E-state index in [1.807, 2.05) is 12.2 Å². The minimum atomic E-state index is -1.09. The van der Waals surface area contributed by atoms with Crippen molar-refractivity contribution in [2.45, 2.75) is 65.2 Å². The number of Topliss-reactive ketones (excluding diaryl/α,β-unsaturated/α-hetero) is 1. The van der Waals surface area contributed by atoms with Gasteiger partial charge in [-0.2, -0.15) is 0 Å². The Labute approximate surface area is 163 Å². The smallest absolute Gasteiger partial charge is 0.381 e. The quantitative estimate of drug-likeness (QED) is 0.131. The van der Waals surface area contributed by atoms with Crippen molar-refractivity contribution in [3.63, 3.8) is 0 Å². The summed E-state index contributed by atoms with van der Waals surface area (Å²) in [4.78, 5) is 32.8. The molecule has 4 nitrogen and oxygen atoms in total. The van der Waals surface area contributed by atoms with Gasteiger partial charge in [0.05, 0.1) is 0 Å². The molecule has 0 heterocycles. The van der Waals surface area contributed by atoms with E-state index in [1.54, 1.807) is 0 Å². The molecule has 148 valence electrons. The van der Waals surface area contributed by atoms with Crippen LogP contribution in [0.2, 0.25) is 0 Å². The van der Waals surface area contributed by atoms with Gasteiger partial charge in [0.1, 0.15) is 0 Å². The average molecular weight is 373 g/mol. The molecule has 0 aromatic rings. The van der Waals surface area contributed by atoms with Crippen LogP contribution in [0.1, 0.15) is 65.2 Å². The molecule has 0 saturated carbocycles. The maximum atomic E-state index is 11.3. The highest BCUT2D eigenvalue weighted by Gasteiger charge is 2.13. The third-order valence-corrected chi connectivity index (χ3v) is 3.40. The summed E-state index contributed by atoms with van der Waals surface area (Å²) in [5, 5.41) is 0. The first-order valence-electron chi connectivity index (χ1n) is 9.58. The van der Waals surface area contributed by atoms with Crippen molar-refractivity contribution in [1.82, 2.24) is 0 Å². The van der Waals surface area contributed by atoms with Crippen LogP contribution in [0, 0.1) is 0 Å². The molecule has 0 aromatic heterocycles. The maximum absolute atomic E-state index is 11.3. The fourth-order valence-electron chi connectivity index (χ4n) is 1.96. The van der Waals surface area contributed by atoms with E-state index < -0.39 is 17.7 Å². The van der Waals surface area contributed by atoms with Crippen molar-refractivity contribution in [2.24, 2.45) is 0 Å². The molecule has 0 N–H and O–H groups in total. The predicted molar refractivity (Wildman–Crippen MR) is 110 cm³/mol. The van der Waals surface area contributed by atoms with Gasteiger partial charge in [-0.1, -0.05) is 67.7 Å². The normalized spacial score (nSPS) is 12.2. The number of carbonyl (C=O) groups excluding carboxylic acids is 3. The highest BCUT2D eigenvalue weighted by Crippen LogP contribution is 2.01. The summed E-state index contributed by atoms with van der Waals surface area (Å²) in [6.07, 6.45) is 27.6. The summed E-state index contributed by atoms with van der Waals surface area (Å²) in [7, 11) is 0. The lowest BCUT2D eigenvalue weighted by atomic mass is 10.2. The standard InChI is InChI=1S/C23H32O4/c1-3-4-5-6-7-8-9-10-11-12-13-14-15-16-17-18-19-20-22(25)27-23(26)21(2)24/h4-5,7-8,10-11,13-14,16-17H,3,6,9,12,15,18-20H2,1-2H3/b5-4-,8-7-,11-10-,14-13-,17-16-. The van der Waals surface area contributed by atoms with Gasteiger partial charge in [-0.15, -0.1) is 0 Å². The molecule has 4 heteroatoms. The number of allylic oxidation sites excluding steroid dienone is 10. The number of unbranched alkanes of at least 4 members (excludes halogenated alkanes) is 1. The molecule has 0 amide bonds. The molecule has 0 fully saturated rings. The molecule has 0 rings (SSSR count). The first-order chi connectivity index (χ1) is 13.1. The fraction of sp³-hybridized carbons (Fsp3) is 0.435. The van der Waals surface area contributed by atoms with Gasteiger partial charge in [0.25, 0.3) is 0 Å². The van der Waals surface area contributed by atoms with Gasteiger partial charge < -0.3 is 4.74 Å². The van der Waals surface area contributed by atoms with E-state index >= 15 is 0 Å². The van der Waals surface area contributed by atoms with Crippen molar-refractivity contribution in [2.75, 3.05) is 0 Å². The van der Waals surface area contributed by atoms with Gasteiger partial charge >= 0.3 is 11.9 Å². The Kier molecular flexibility index (Phi) is 16.6. The van der Waals surface area contributed by atoms with Crippen LogP contribution < -0.4 is 0 Å². The molecule has 0 aromatic carbocycles. The monoisotopic (exact) mass is 372 g/mol. The molecule has 0 radical (unpaired) electrons. The van der Waals surface area contributed by atoms with Crippen molar-refractivity contribution < 1.29 is 19.1 Å². The summed E-state index contributed by atoms with van der Waals surface area (Å²) >= 11 is 0. The molecule has 27 heavy (non-hydrogen) atoms. The van der Waals surface area contributed by atoms with Gasteiger partial charge in [-0.05, 0) is 44.9 Å². The lowest BCUT2D eigenvalue weighted by Gasteiger charge is -1.98. The highest BCUT2D eigenvalue weighted by atomic mass is 16.6. The number of hydrogen-bond acceptors (Lipinski definition) is 4. The zero-order valence-corrected chi connectivity index (χ0v) is 16.6. The molecular formula is C23H32O4. The van der Waals surface area contributed by atoms with Crippen LogP contribution in [-0.4, -0.2) is 17.7 Å². The number of hydrogen-bond donors (Lipinski definition) is 0. The van der Waals surface area contributed by atoms with Crippen LogP contribution in [0.25, 0.3) is 0 Å². The van der Waals surface area contributed by atoms with Crippen molar-refractivity contribution in [1.29, 1.82) is 0 Å². The number of esters is 2. The molecule has 0 aliphatic heterocycles. The Balaban J connectivity index is 3.61. The minimum absolute atomic E-state index is 0.132. The molecule has 0 atom stereocenters. The number of ketones is 1. The van der Waals surface area contributed by atoms with Gasteiger partial charge in [0, 0.05) is 13.3 Å². The van der Waals surface area contributed by atoms with E-state index in [-0.39, 0.29) is 6.42 Å². The second kappa shape index (κ2) is 18.3. The van der Waals surface area contributed by atoms with E-state index in [9.17, 15) is 14.4 Å². The first kappa shape index (κ1) is 24.5. The molecule has 0 aliphatic rings. The van der Waals surface area contributed by atoms with E-state index in [0.29, 0.717) is 6.42 Å². The number of carbonyl (C=O) groups is 3. The Hall–Kier alpha value is -2.49. The topological polar surface area (TPSA) is 60.4 Å². The van der Waals surface area contributed by atoms with E-state index in [4.69, 9.17) is 0 Å². The molecule has 0 spiro atoms. The van der Waals surface area contributed by atoms with Gasteiger partial charge in [0.2, 0.25) is 5.78 Å². The Bertz CT molecular complexity index is 577. The summed E-state index contributed by atoms with van der Waals surface area (Å²) in [5.41, 5.74) is 0. The third-order valence-electron chi connectivity index (χ3n) is 3.40.